The molecule has 4 aromatic rings. The number of benzene rings is 2. The van der Waals surface area contributed by atoms with Gasteiger partial charge in [0.2, 0.25) is 0 Å². The third-order valence-corrected chi connectivity index (χ3v) is 8.51. The molecule has 6 rings (SSSR count). The van der Waals surface area contributed by atoms with Gasteiger partial charge in [0.1, 0.15) is 0 Å². The van der Waals surface area contributed by atoms with Crippen molar-refractivity contribution in [3.63, 3.8) is 0 Å². The minimum Gasteiger partial charge on any atom is -0.322 e. The smallest absolute Gasteiger partial charge is 0.255 e. The SMILES string of the molecule is Cc1ccc(NC(=O)c2ccc(CN3CCN(C)CC3)c(Br)c2)cc1C1(c2nccnn2)C=CC(c2cccnc2)=N1. The molecule has 0 radical (unpaired) electrons. The maximum absolute atomic E-state index is 13.4. The lowest BCUT2D eigenvalue weighted by atomic mass is 9.86. The number of allylic oxidation sites excluding steroid dienone is 1. The van der Waals surface area contributed by atoms with Gasteiger partial charge >= 0.3 is 0 Å². The predicted molar refractivity (Wildman–Crippen MR) is 167 cm³/mol. The third kappa shape index (κ3) is 5.78. The highest BCUT2D eigenvalue weighted by Crippen LogP contribution is 2.40. The Balaban J connectivity index is 1.27. The quantitative estimate of drug-likeness (QED) is 0.320. The molecule has 10 heteroatoms. The van der Waals surface area contributed by atoms with Crippen LogP contribution in [0, 0.1) is 6.92 Å². The summed E-state index contributed by atoms with van der Waals surface area (Å²) in [7, 11) is 2.15. The second-order valence-corrected chi connectivity index (χ2v) is 11.5. The average molecular weight is 624 g/mol. The monoisotopic (exact) mass is 622 g/mol. The number of aromatic nitrogens is 4. The lowest BCUT2D eigenvalue weighted by molar-refractivity contribution is 0.102. The zero-order valence-corrected chi connectivity index (χ0v) is 25.1. The molecule has 0 aliphatic carbocycles. The van der Waals surface area contributed by atoms with Crippen LogP contribution in [0.5, 0.6) is 0 Å². The molecule has 9 nitrogen and oxygen atoms in total. The van der Waals surface area contributed by atoms with Gasteiger partial charge in [-0.25, -0.2) is 4.98 Å². The molecule has 212 valence electrons. The Labute approximate surface area is 253 Å². The van der Waals surface area contributed by atoms with E-state index in [-0.39, 0.29) is 5.91 Å². The molecule has 1 unspecified atom stereocenters. The van der Waals surface area contributed by atoms with Gasteiger partial charge in [0.15, 0.2) is 11.4 Å². The van der Waals surface area contributed by atoms with Gasteiger partial charge in [-0.3, -0.25) is 19.7 Å². The van der Waals surface area contributed by atoms with Gasteiger partial charge in [-0.2, -0.15) is 5.10 Å². The van der Waals surface area contributed by atoms with E-state index >= 15 is 0 Å². The molecule has 1 N–H and O–H groups in total. The Morgan fingerprint density at radius 3 is 2.64 bits per heavy atom. The van der Waals surface area contributed by atoms with Crippen LogP contribution < -0.4 is 5.32 Å². The summed E-state index contributed by atoms with van der Waals surface area (Å²) in [5, 5.41) is 11.5. The van der Waals surface area contributed by atoms with Crippen LogP contribution in [0.15, 0.2) is 94.9 Å². The molecule has 2 aromatic heterocycles. The van der Waals surface area contributed by atoms with Gasteiger partial charge in [-0.15, -0.1) is 5.10 Å². The lowest BCUT2D eigenvalue weighted by Crippen LogP contribution is -2.43. The number of anilines is 1. The van der Waals surface area contributed by atoms with Crippen molar-refractivity contribution in [3.8, 4) is 0 Å². The summed E-state index contributed by atoms with van der Waals surface area (Å²) in [6.07, 6.45) is 10.6. The molecule has 1 fully saturated rings. The fourth-order valence-electron chi connectivity index (χ4n) is 5.33. The number of aliphatic imine (C=N–C) groups is 1. The number of carbonyl (C=O) groups excluding carboxylic acids is 1. The number of rotatable bonds is 7. The van der Waals surface area contributed by atoms with E-state index in [0.717, 1.165) is 59.6 Å². The van der Waals surface area contributed by atoms with Crippen molar-refractivity contribution in [2.24, 2.45) is 4.99 Å². The van der Waals surface area contributed by atoms with E-state index in [1.54, 1.807) is 24.8 Å². The average Bonchev–Trinajstić information content (AvgIpc) is 3.48. The number of carbonyl (C=O) groups is 1. The van der Waals surface area contributed by atoms with Crippen LogP contribution in [0.3, 0.4) is 0 Å². The molecule has 0 bridgehead atoms. The molecule has 1 atom stereocenters. The Bertz CT molecular complexity index is 1650. The van der Waals surface area contributed by atoms with Gasteiger partial charge in [0, 0.05) is 72.6 Å². The van der Waals surface area contributed by atoms with Crippen molar-refractivity contribution < 1.29 is 4.79 Å². The highest BCUT2D eigenvalue weighted by Gasteiger charge is 2.39. The number of nitrogens with one attached hydrogen (secondary N) is 1. The van der Waals surface area contributed by atoms with Crippen molar-refractivity contribution in [2.45, 2.75) is 19.0 Å². The molecule has 42 heavy (non-hydrogen) atoms. The summed E-state index contributed by atoms with van der Waals surface area (Å²) >= 11 is 3.70. The minimum absolute atomic E-state index is 0.190. The Hall–Kier alpha value is -4.12. The molecule has 2 aromatic carbocycles. The summed E-state index contributed by atoms with van der Waals surface area (Å²) in [5.41, 5.74) is 4.90. The molecule has 0 spiro atoms. The number of nitrogens with zero attached hydrogens (tertiary/aromatic N) is 7. The maximum Gasteiger partial charge on any atom is 0.255 e. The van der Waals surface area contributed by atoms with Crippen molar-refractivity contribution in [3.05, 3.63) is 124 Å². The van der Waals surface area contributed by atoms with Crippen LogP contribution in [0.4, 0.5) is 5.69 Å². The number of hydrogen-bond donors (Lipinski definition) is 1. The van der Waals surface area contributed by atoms with Gasteiger partial charge in [-0.05, 0) is 79.2 Å². The third-order valence-electron chi connectivity index (χ3n) is 7.77. The lowest BCUT2D eigenvalue weighted by Gasteiger charge is -2.32. The first-order valence-electron chi connectivity index (χ1n) is 13.9. The summed E-state index contributed by atoms with van der Waals surface area (Å²) < 4.78 is 0.930. The van der Waals surface area contributed by atoms with Crippen molar-refractivity contribution in [1.29, 1.82) is 0 Å². The van der Waals surface area contributed by atoms with E-state index < -0.39 is 5.54 Å². The normalized spacial score (nSPS) is 19.1. The topological polar surface area (TPSA) is 99.5 Å². The van der Waals surface area contributed by atoms with Crippen molar-refractivity contribution in [2.75, 3.05) is 38.5 Å². The van der Waals surface area contributed by atoms with E-state index in [1.807, 2.05) is 67.6 Å². The molecular weight excluding hydrogens is 592 g/mol. The van der Waals surface area contributed by atoms with E-state index in [4.69, 9.17) is 4.99 Å². The highest BCUT2D eigenvalue weighted by molar-refractivity contribution is 9.10. The van der Waals surface area contributed by atoms with Gasteiger partial charge < -0.3 is 10.2 Å². The number of pyridine rings is 1. The van der Waals surface area contributed by atoms with Crippen LogP contribution in [0.2, 0.25) is 0 Å². The Kier molecular flexibility index (Phi) is 8.01. The highest BCUT2D eigenvalue weighted by atomic mass is 79.9. The van der Waals surface area contributed by atoms with E-state index in [2.05, 4.69) is 58.3 Å². The summed E-state index contributed by atoms with van der Waals surface area (Å²) in [4.78, 5) is 32.1. The fourth-order valence-corrected chi connectivity index (χ4v) is 5.84. The van der Waals surface area contributed by atoms with Crippen molar-refractivity contribution in [1.82, 2.24) is 30.0 Å². The number of likely N-dealkylation sites (N-methyl/N-ethyl adjacent to an activating group) is 1. The van der Waals surface area contributed by atoms with Gasteiger partial charge in [0.25, 0.3) is 5.91 Å². The fraction of sp³-hybridized carbons (Fsp3) is 0.250. The number of halogens is 1. The Morgan fingerprint density at radius 1 is 1.05 bits per heavy atom. The largest absolute Gasteiger partial charge is 0.322 e. The summed E-state index contributed by atoms with van der Waals surface area (Å²) in [6.45, 7) is 7.07. The second kappa shape index (κ2) is 12.0. The number of piperazine rings is 1. The summed E-state index contributed by atoms with van der Waals surface area (Å²) in [6, 6.07) is 15.5. The molecule has 2 aliphatic heterocycles. The van der Waals surface area contributed by atoms with Crippen LogP contribution >= 0.6 is 15.9 Å². The van der Waals surface area contributed by atoms with Crippen LogP contribution in [0.25, 0.3) is 0 Å². The Morgan fingerprint density at radius 2 is 1.90 bits per heavy atom. The molecule has 1 saturated heterocycles. The first kappa shape index (κ1) is 28.0. The zero-order chi connectivity index (χ0) is 29.1. The molecule has 1 amide bonds. The first-order valence-corrected chi connectivity index (χ1v) is 14.7. The molecule has 0 saturated carbocycles. The number of aryl methyl sites for hydroxylation is 1. The molecule has 2 aliphatic rings. The van der Waals surface area contributed by atoms with Crippen LogP contribution in [-0.2, 0) is 12.1 Å². The van der Waals surface area contributed by atoms with Crippen LogP contribution in [-0.4, -0.2) is 74.8 Å². The number of amides is 1. The molecule has 4 heterocycles. The van der Waals surface area contributed by atoms with E-state index in [1.165, 1.54) is 5.56 Å². The zero-order valence-electron chi connectivity index (χ0n) is 23.5. The predicted octanol–water partition coefficient (Wildman–Crippen LogP) is 4.64. The maximum atomic E-state index is 13.4. The molecular formula is C32H31BrN8O. The van der Waals surface area contributed by atoms with Crippen molar-refractivity contribution >= 4 is 33.2 Å². The second-order valence-electron chi connectivity index (χ2n) is 10.7. The summed E-state index contributed by atoms with van der Waals surface area (Å²) in [5.74, 6) is 0.261. The van der Waals surface area contributed by atoms with Crippen LogP contribution in [0.1, 0.15) is 38.4 Å². The van der Waals surface area contributed by atoms with E-state index in [0.29, 0.717) is 17.1 Å². The minimum atomic E-state index is -1.00. The van der Waals surface area contributed by atoms with E-state index in [9.17, 15) is 4.79 Å². The van der Waals surface area contributed by atoms with Gasteiger partial charge in [0.05, 0.1) is 11.9 Å². The van der Waals surface area contributed by atoms with Gasteiger partial charge in [-0.1, -0.05) is 28.1 Å². The standard InChI is InChI=1S/C32H31BrN8O/c1-22-5-8-26(37-30(42)23-6-7-25(28(33)18-23)21-41-16-14-40(2)15-17-41)19-27(22)32(31-35-12-13-36-39-31)10-9-29(38-32)24-4-3-11-34-20-24/h3-13,18-20H,14-17,21H2,1-2H3,(H,37,42). The first-order chi connectivity index (χ1) is 20.4. The number of hydrogen-bond acceptors (Lipinski definition) is 8.